The zero-order valence-electron chi connectivity index (χ0n) is 9.82. The summed E-state index contributed by atoms with van der Waals surface area (Å²) in [5.41, 5.74) is 1.03. The molecule has 1 aliphatic rings. The SMILES string of the molecule is O=C(CCNCc1ccn[nH]1)N1CCOCC1. The molecule has 17 heavy (non-hydrogen) atoms. The molecule has 2 rings (SSSR count). The summed E-state index contributed by atoms with van der Waals surface area (Å²) < 4.78 is 5.20. The molecule has 1 aromatic heterocycles. The molecule has 0 aromatic carbocycles. The van der Waals surface area contributed by atoms with E-state index in [-0.39, 0.29) is 5.91 Å². The average molecular weight is 238 g/mol. The van der Waals surface area contributed by atoms with Crippen molar-refractivity contribution < 1.29 is 9.53 Å². The van der Waals surface area contributed by atoms with Crippen molar-refractivity contribution in [3.8, 4) is 0 Å². The Labute approximate surface area is 100 Å². The molecule has 0 spiro atoms. The molecule has 0 saturated carbocycles. The normalized spacial score (nSPS) is 16.1. The van der Waals surface area contributed by atoms with Crippen molar-refractivity contribution in [1.29, 1.82) is 0 Å². The second kappa shape index (κ2) is 6.36. The Morgan fingerprint density at radius 1 is 1.53 bits per heavy atom. The fourth-order valence-corrected chi connectivity index (χ4v) is 1.77. The van der Waals surface area contributed by atoms with Crippen LogP contribution in [0.1, 0.15) is 12.1 Å². The van der Waals surface area contributed by atoms with E-state index >= 15 is 0 Å². The Bertz CT molecular complexity index is 333. The Morgan fingerprint density at radius 2 is 2.35 bits per heavy atom. The Hall–Kier alpha value is -1.40. The lowest BCUT2D eigenvalue weighted by Gasteiger charge is -2.26. The fourth-order valence-electron chi connectivity index (χ4n) is 1.77. The third-order valence-corrected chi connectivity index (χ3v) is 2.75. The minimum Gasteiger partial charge on any atom is -0.378 e. The first-order valence-corrected chi connectivity index (χ1v) is 5.91. The zero-order chi connectivity index (χ0) is 11.9. The summed E-state index contributed by atoms with van der Waals surface area (Å²) in [6.45, 7) is 4.17. The summed E-state index contributed by atoms with van der Waals surface area (Å²) in [5, 5.41) is 9.93. The lowest BCUT2D eigenvalue weighted by atomic mass is 10.3. The number of aromatic amines is 1. The highest BCUT2D eigenvalue weighted by atomic mass is 16.5. The average Bonchev–Trinajstić information content (AvgIpc) is 2.88. The number of hydrogen-bond donors (Lipinski definition) is 2. The van der Waals surface area contributed by atoms with E-state index in [0.717, 1.165) is 25.3 Å². The highest BCUT2D eigenvalue weighted by molar-refractivity contribution is 5.76. The molecule has 1 aromatic rings. The number of ether oxygens (including phenoxy) is 1. The molecule has 0 bridgehead atoms. The van der Waals surface area contributed by atoms with Gasteiger partial charge in [-0.25, -0.2) is 0 Å². The van der Waals surface area contributed by atoms with E-state index < -0.39 is 0 Å². The van der Waals surface area contributed by atoms with Gasteiger partial charge in [0.2, 0.25) is 5.91 Å². The molecule has 2 heterocycles. The number of nitrogens with zero attached hydrogens (tertiary/aromatic N) is 2. The smallest absolute Gasteiger partial charge is 0.224 e. The highest BCUT2D eigenvalue weighted by Gasteiger charge is 2.15. The van der Waals surface area contributed by atoms with Crippen molar-refractivity contribution in [2.45, 2.75) is 13.0 Å². The van der Waals surface area contributed by atoms with Gasteiger partial charge in [0.05, 0.1) is 13.2 Å². The van der Waals surface area contributed by atoms with Crippen LogP contribution in [-0.4, -0.2) is 53.9 Å². The van der Waals surface area contributed by atoms with Gasteiger partial charge in [0, 0.05) is 44.5 Å². The molecule has 6 heteroatoms. The molecule has 1 aliphatic heterocycles. The lowest BCUT2D eigenvalue weighted by molar-refractivity contribution is -0.135. The van der Waals surface area contributed by atoms with Crippen molar-refractivity contribution >= 4 is 5.91 Å². The van der Waals surface area contributed by atoms with Gasteiger partial charge in [-0.1, -0.05) is 0 Å². The number of carbonyl (C=O) groups excluding carboxylic acids is 1. The van der Waals surface area contributed by atoms with Gasteiger partial charge in [-0.15, -0.1) is 0 Å². The molecule has 0 radical (unpaired) electrons. The van der Waals surface area contributed by atoms with Crippen LogP contribution >= 0.6 is 0 Å². The predicted octanol–water partition coefficient (Wildman–Crippen LogP) is -0.252. The van der Waals surface area contributed by atoms with E-state index in [2.05, 4.69) is 15.5 Å². The van der Waals surface area contributed by atoms with Crippen LogP contribution in [0.25, 0.3) is 0 Å². The molecule has 94 valence electrons. The summed E-state index contributed by atoms with van der Waals surface area (Å²) in [5.74, 6) is 0.199. The van der Waals surface area contributed by atoms with E-state index in [1.165, 1.54) is 0 Å². The maximum absolute atomic E-state index is 11.8. The molecule has 0 atom stereocenters. The standard InChI is InChI=1S/C11H18N4O2/c16-11(15-5-7-17-8-6-15)2-3-12-9-10-1-4-13-14-10/h1,4,12H,2-3,5-9H2,(H,13,14). The maximum atomic E-state index is 11.8. The molecule has 1 amide bonds. The van der Waals surface area contributed by atoms with Crippen LogP contribution in [0.4, 0.5) is 0 Å². The summed E-state index contributed by atoms with van der Waals surface area (Å²) in [7, 11) is 0. The van der Waals surface area contributed by atoms with Crippen LogP contribution in [0.5, 0.6) is 0 Å². The van der Waals surface area contributed by atoms with Crippen LogP contribution in [0, 0.1) is 0 Å². The second-order valence-electron chi connectivity index (χ2n) is 4.00. The number of H-pyrrole nitrogens is 1. The lowest BCUT2D eigenvalue weighted by Crippen LogP contribution is -2.41. The van der Waals surface area contributed by atoms with Crippen molar-refractivity contribution in [2.24, 2.45) is 0 Å². The Balaban J connectivity index is 1.59. The number of nitrogens with one attached hydrogen (secondary N) is 2. The Kier molecular flexibility index (Phi) is 4.52. The van der Waals surface area contributed by atoms with E-state index in [1.807, 2.05) is 11.0 Å². The number of amides is 1. The second-order valence-corrected chi connectivity index (χ2v) is 4.00. The maximum Gasteiger partial charge on any atom is 0.224 e. The summed E-state index contributed by atoms with van der Waals surface area (Å²) in [4.78, 5) is 13.6. The zero-order valence-corrected chi connectivity index (χ0v) is 9.82. The molecule has 0 unspecified atom stereocenters. The molecule has 1 fully saturated rings. The number of aromatic nitrogens is 2. The third kappa shape index (κ3) is 3.83. The van der Waals surface area contributed by atoms with E-state index in [4.69, 9.17) is 4.74 Å². The number of carbonyl (C=O) groups is 1. The minimum atomic E-state index is 0.199. The fraction of sp³-hybridized carbons (Fsp3) is 0.636. The van der Waals surface area contributed by atoms with Crippen LogP contribution in [-0.2, 0) is 16.1 Å². The van der Waals surface area contributed by atoms with Crippen molar-refractivity contribution in [3.05, 3.63) is 18.0 Å². The highest BCUT2D eigenvalue weighted by Crippen LogP contribution is 1.99. The third-order valence-electron chi connectivity index (χ3n) is 2.75. The first kappa shape index (κ1) is 12.1. The largest absolute Gasteiger partial charge is 0.378 e. The van der Waals surface area contributed by atoms with Gasteiger partial charge < -0.3 is 15.0 Å². The quantitative estimate of drug-likeness (QED) is 0.694. The van der Waals surface area contributed by atoms with Crippen LogP contribution < -0.4 is 5.32 Å². The molecule has 2 N–H and O–H groups in total. The topological polar surface area (TPSA) is 70.2 Å². The van der Waals surface area contributed by atoms with Gasteiger partial charge in [-0.05, 0) is 6.07 Å². The van der Waals surface area contributed by atoms with Gasteiger partial charge in [0.25, 0.3) is 0 Å². The van der Waals surface area contributed by atoms with E-state index in [0.29, 0.717) is 26.2 Å². The van der Waals surface area contributed by atoms with Gasteiger partial charge >= 0.3 is 0 Å². The minimum absolute atomic E-state index is 0.199. The van der Waals surface area contributed by atoms with E-state index in [9.17, 15) is 4.79 Å². The van der Waals surface area contributed by atoms with Gasteiger partial charge in [0.15, 0.2) is 0 Å². The van der Waals surface area contributed by atoms with Gasteiger partial charge in [-0.2, -0.15) is 5.10 Å². The van der Waals surface area contributed by atoms with Gasteiger partial charge in [-0.3, -0.25) is 9.89 Å². The first-order valence-electron chi connectivity index (χ1n) is 5.91. The van der Waals surface area contributed by atoms with Crippen LogP contribution in [0.2, 0.25) is 0 Å². The summed E-state index contributed by atoms with van der Waals surface area (Å²) >= 11 is 0. The Morgan fingerprint density at radius 3 is 3.06 bits per heavy atom. The van der Waals surface area contributed by atoms with Crippen molar-refractivity contribution in [2.75, 3.05) is 32.8 Å². The van der Waals surface area contributed by atoms with Crippen LogP contribution in [0.3, 0.4) is 0 Å². The molecule has 1 saturated heterocycles. The van der Waals surface area contributed by atoms with Gasteiger partial charge in [0.1, 0.15) is 0 Å². The van der Waals surface area contributed by atoms with E-state index in [1.54, 1.807) is 6.20 Å². The number of rotatable bonds is 5. The predicted molar refractivity (Wildman–Crippen MR) is 62.3 cm³/mol. The summed E-state index contributed by atoms with van der Waals surface area (Å²) in [6, 6.07) is 1.91. The molecular weight excluding hydrogens is 220 g/mol. The monoisotopic (exact) mass is 238 g/mol. The number of morpholine rings is 1. The molecular formula is C11H18N4O2. The van der Waals surface area contributed by atoms with Crippen LogP contribution in [0.15, 0.2) is 12.3 Å². The first-order chi connectivity index (χ1) is 8.36. The molecule has 0 aliphatic carbocycles. The molecule has 6 nitrogen and oxygen atoms in total. The van der Waals surface area contributed by atoms with Crippen molar-refractivity contribution in [1.82, 2.24) is 20.4 Å². The van der Waals surface area contributed by atoms with Crippen molar-refractivity contribution in [3.63, 3.8) is 0 Å². The number of hydrogen-bond acceptors (Lipinski definition) is 4. The summed E-state index contributed by atoms with van der Waals surface area (Å²) in [6.07, 6.45) is 2.25.